The van der Waals surface area contributed by atoms with Crippen molar-refractivity contribution < 1.29 is 25.8 Å². The van der Waals surface area contributed by atoms with E-state index in [-0.39, 0.29) is 21.1 Å². The second kappa shape index (κ2) is 11.0. The van der Waals surface area contributed by atoms with Gasteiger partial charge in [-0.15, -0.1) is 48.6 Å². The van der Waals surface area contributed by atoms with Crippen molar-refractivity contribution in [3.63, 3.8) is 0 Å². The SMILES string of the molecule is Cn1cc([C@@H]2C=CC=CC2)nc1-c1[c-]c(Oc2[c-]c(N3[CH-]N(c4ccccc4)C=N3)ccc2)ccc1.[Pt]. The van der Waals surface area contributed by atoms with Crippen molar-refractivity contribution in [2.75, 3.05) is 9.91 Å². The molecule has 1 aliphatic carbocycles. The fraction of sp³-hybridized carbons (Fsp3) is 0.100. The van der Waals surface area contributed by atoms with Crippen LogP contribution >= 0.6 is 0 Å². The van der Waals surface area contributed by atoms with E-state index >= 15 is 0 Å². The number of rotatable bonds is 6. The maximum absolute atomic E-state index is 6.14. The van der Waals surface area contributed by atoms with E-state index in [1.54, 1.807) is 11.3 Å². The minimum absolute atomic E-state index is 0. The normalized spacial score (nSPS) is 16.2. The molecule has 1 aliphatic heterocycles. The monoisotopic (exact) mass is 665 g/mol. The molecule has 2 aliphatic rings. The molecular formula is C30H24N5OPt-3. The molecule has 0 spiro atoms. The maximum Gasteiger partial charge on any atom is 0.0848 e. The fourth-order valence-electron chi connectivity index (χ4n) is 4.25. The standard InChI is InChI=1S/C30H24N5O.Pt/c1-33-20-29(23-10-4-2-5-11-23)32-30(33)24-12-8-16-27(18-24)36-28-17-9-15-26(19-28)35-22-34(21-31-35)25-13-6-3-7-14-25;/h2-10,12-17,20-23H,11H2,1H3;/q-3;/t23-;/m1./s1. The smallest absolute Gasteiger partial charge is 0.0848 e. The summed E-state index contributed by atoms with van der Waals surface area (Å²) in [5.74, 6) is 2.35. The van der Waals surface area contributed by atoms with Crippen LogP contribution in [-0.2, 0) is 28.1 Å². The first-order chi connectivity index (χ1) is 17.7. The largest absolute Gasteiger partial charge is 0.503 e. The number of hydrogen-bond donors (Lipinski definition) is 0. The second-order valence-electron chi connectivity index (χ2n) is 8.62. The topological polar surface area (TPSA) is 45.9 Å². The van der Waals surface area contributed by atoms with Gasteiger partial charge in [-0.3, -0.25) is 4.98 Å². The van der Waals surface area contributed by atoms with E-state index in [1.165, 1.54) is 0 Å². The van der Waals surface area contributed by atoms with Crippen LogP contribution in [0.3, 0.4) is 0 Å². The average molecular weight is 666 g/mol. The van der Waals surface area contributed by atoms with Gasteiger partial charge in [0.15, 0.2) is 0 Å². The van der Waals surface area contributed by atoms with Gasteiger partial charge in [-0.2, -0.15) is 11.2 Å². The van der Waals surface area contributed by atoms with Crippen LogP contribution in [0.5, 0.6) is 11.5 Å². The Balaban J connectivity index is 0.00000280. The Hall–Kier alpha value is -3.89. The zero-order valence-electron chi connectivity index (χ0n) is 20.1. The van der Waals surface area contributed by atoms with Gasteiger partial charge in [0.2, 0.25) is 0 Å². The molecule has 0 saturated heterocycles. The van der Waals surface area contributed by atoms with Gasteiger partial charge in [0, 0.05) is 57.4 Å². The van der Waals surface area contributed by atoms with Crippen molar-refractivity contribution in [3.8, 4) is 22.9 Å². The van der Waals surface area contributed by atoms with Crippen LogP contribution in [-0.4, -0.2) is 15.9 Å². The summed E-state index contributed by atoms with van der Waals surface area (Å²) in [5, 5.41) is 6.25. The number of nitrogens with zero attached hydrogens (tertiary/aromatic N) is 5. The number of ether oxygens (including phenoxy) is 1. The number of benzene rings is 3. The van der Waals surface area contributed by atoms with E-state index in [4.69, 9.17) is 9.72 Å². The van der Waals surface area contributed by atoms with Crippen molar-refractivity contribution in [2.24, 2.45) is 12.1 Å². The summed E-state index contributed by atoms with van der Waals surface area (Å²) in [5.41, 5.74) is 3.75. The third kappa shape index (κ3) is 5.45. The number of aromatic nitrogens is 2. The van der Waals surface area contributed by atoms with Gasteiger partial charge in [0.25, 0.3) is 0 Å². The molecule has 2 heterocycles. The molecule has 0 unspecified atom stereocenters. The summed E-state index contributed by atoms with van der Waals surface area (Å²) in [6.07, 6.45) is 13.4. The molecule has 3 aromatic carbocycles. The third-order valence-corrected chi connectivity index (χ3v) is 6.07. The van der Waals surface area contributed by atoms with E-state index in [1.807, 2.05) is 89.9 Å². The van der Waals surface area contributed by atoms with Gasteiger partial charge in [0.05, 0.1) is 17.9 Å². The van der Waals surface area contributed by atoms with Crippen molar-refractivity contribution in [3.05, 3.63) is 122 Å². The molecule has 1 aromatic heterocycles. The molecular weight excluding hydrogens is 641 g/mol. The van der Waals surface area contributed by atoms with Gasteiger partial charge in [-0.1, -0.05) is 54.3 Å². The zero-order chi connectivity index (χ0) is 24.3. The van der Waals surface area contributed by atoms with Crippen LogP contribution in [0.1, 0.15) is 18.0 Å². The van der Waals surface area contributed by atoms with Gasteiger partial charge in [0.1, 0.15) is 0 Å². The number of hydrazone groups is 1. The van der Waals surface area contributed by atoms with Gasteiger partial charge in [-0.05, 0) is 18.6 Å². The Kier molecular flexibility index (Phi) is 7.38. The molecule has 0 amide bonds. The first-order valence-electron chi connectivity index (χ1n) is 11.8. The van der Waals surface area contributed by atoms with Crippen LogP contribution < -0.4 is 14.6 Å². The van der Waals surface area contributed by atoms with Crippen molar-refractivity contribution in [1.29, 1.82) is 0 Å². The van der Waals surface area contributed by atoms with Crippen molar-refractivity contribution >= 4 is 17.7 Å². The quantitative estimate of drug-likeness (QED) is 0.222. The number of allylic oxidation sites excluding steroid dienone is 4. The molecule has 0 saturated carbocycles. The molecule has 4 aromatic rings. The summed E-state index contributed by atoms with van der Waals surface area (Å²) in [6.45, 7) is 1.91. The van der Waals surface area contributed by atoms with Crippen LogP contribution in [0, 0.1) is 18.8 Å². The van der Waals surface area contributed by atoms with Crippen LogP contribution in [0.25, 0.3) is 11.4 Å². The van der Waals surface area contributed by atoms with E-state index in [9.17, 15) is 0 Å². The molecule has 37 heavy (non-hydrogen) atoms. The Morgan fingerprint density at radius 1 is 0.946 bits per heavy atom. The number of anilines is 2. The predicted molar refractivity (Wildman–Crippen MR) is 143 cm³/mol. The summed E-state index contributed by atoms with van der Waals surface area (Å²) in [7, 11) is 2.01. The maximum atomic E-state index is 6.14. The second-order valence-corrected chi connectivity index (χ2v) is 8.62. The molecule has 6 rings (SSSR count). The first kappa shape index (κ1) is 24.8. The molecule has 0 radical (unpaired) electrons. The Morgan fingerprint density at radius 3 is 2.57 bits per heavy atom. The van der Waals surface area contributed by atoms with E-state index in [2.05, 4.69) is 47.7 Å². The van der Waals surface area contributed by atoms with Crippen molar-refractivity contribution in [1.82, 2.24) is 9.55 Å². The summed E-state index contributed by atoms with van der Waals surface area (Å²) in [4.78, 5) is 6.86. The molecule has 0 bridgehead atoms. The Morgan fingerprint density at radius 2 is 1.76 bits per heavy atom. The molecule has 6 nitrogen and oxygen atoms in total. The Bertz CT molecular complexity index is 1460. The van der Waals surface area contributed by atoms with Gasteiger partial charge in [-0.25, -0.2) is 0 Å². The number of aryl methyl sites for hydroxylation is 1. The number of hydrogen-bond acceptors (Lipinski definition) is 5. The first-order valence-corrected chi connectivity index (χ1v) is 11.8. The molecule has 7 heteroatoms. The predicted octanol–water partition coefficient (Wildman–Crippen LogP) is 6.47. The molecule has 1 atom stereocenters. The Labute approximate surface area is 231 Å². The van der Waals surface area contributed by atoms with Gasteiger partial charge < -0.3 is 19.2 Å². The van der Waals surface area contributed by atoms with Crippen molar-refractivity contribution in [2.45, 2.75) is 12.3 Å². The van der Waals surface area contributed by atoms with E-state index in [0.29, 0.717) is 17.4 Å². The summed E-state index contributed by atoms with van der Waals surface area (Å²) < 4.78 is 8.19. The third-order valence-electron chi connectivity index (χ3n) is 6.07. The van der Waals surface area contributed by atoms with E-state index in [0.717, 1.165) is 34.9 Å². The number of imidazole rings is 1. The molecule has 0 fully saturated rings. The van der Waals surface area contributed by atoms with Crippen LogP contribution in [0.4, 0.5) is 11.4 Å². The molecule has 188 valence electrons. The summed E-state index contributed by atoms with van der Waals surface area (Å²) >= 11 is 0. The fourth-order valence-corrected chi connectivity index (χ4v) is 4.25. The minimum Gasteiger partial charge on any atom is -0.503 e. The van der Waals surface area contributed by atoms with Crippen LogP contribution in [0.15, 0.2) is 102 Å². The van der Waals surface area contributed by atoms with Crippen LogP contribution in [0.2, 0.25) is 0 Å². The summed E-state index contributed by atoms with van der Waals surface area (Å²) in [6, 6.07) is 28.3. The zero-order valence-corrected chi connectivity index (χ0v) is 22.4. The van der Waals surface area contributed by atoms with E-state index < -0.39 is 0 Å². The average Bonchev–Trinajstić information content (AvgIpc) is 3.58. The minimum atomic E-state index is 0. The number of para-hydroxylation sites is 1. The van der Waals surface area contributed by atoms with Gasteiger partial charge >= 0.3 is 0 Å². The molecule has 0 N–H and O–H groups in total.